The molecule has 1 aromatic carbocycles. The van der Waals surface area contributed by atoms with Gasteiger partial charge >= 0.3 is 0 Å². The summed E-state index contributed by atoms with van der Waals surface area (Å²) in [7, 11) is 0. The van der Waals surface area contributed by atoms with Gasteiger partial charge in [-0.3, -0.25) is 9.59 Å². The van der Waals surface area contributed by atoms with Gasteiger partial charge in [-0.15, -0.1) is 0 Å². The molecule has 1 saturated carbocycles. The fraction of sp³-hybridized carbons (Fsp3) is 0.529. The molecule has 3 rings (SSSR count). The van der Waals surface area contributed by atoms with Gasteiger partial charge in [0.05, 0.1) is 5.92 Å². The van der Waals surface area contributed by atoms with E-state index in [-0.39, 0.29) is 23.5 Å². The third-order valence-electron chi connectivity index (χ3n) is 4.40. The summed E-state index contributed by atoms with van der Waals surface area (Å²) < 4.78 is 13.5. The van der Waals surface area contributed by atoms with Crippen molar-refractivity contribution in [1.82, 2.24) is 10.2 Å². The van der Waals surface area contributed by atoms with E-state index in [2.05, 4.69) is 5.32 Å². The summed E-state index contributed by atoms with van der Waals surface area (Å²) in [6.45, 7) is 1.07. The second kappa shape index (κ2) is 6.46. The Morgan fingerprint density at radius 3 is 2.82 bits per heavy atom. The molecule has 1 atom stereocenters. The lowest BCUT2D eigenvalue weighted by molar-refractivity contribution is -0.129. The Balaban J connectivity index is 1.39. The number of carbonyl (C=O) groups excluding carboxylic acids is 2. The van der Waals surface area contributed by atoms with E-state index in [4.69, 9.17) is 0 Å². The molecule has 0 radical (unpaired) electrons. The highest BCUT2D eigenvalue weighted by atomic mass is 19.1. The number of likely N-dealkylation sites (tertiary alicyclic amines) is 1. The number of rotatable bonds is 6. The van der Waals surface area contributed by atoms with Crippen LogP contribution in [0, 0.1) is 11.7 Å². The van der Waals surface area contributed by atoms with E-state index in [1.165, 1.54) is 6.07 Å². The maximum absolute atomic E-state index is 13.5. The summed E-state index contributed by atoms with van der Waals surface area (Å²) >= 11 is 0. The number of nitrogens with one attached hydrogen (secondary N) is 1. The third-order valence-corrected chi connectivity index (χ3v) is 4.40. The molecule has 1 aliphatic heterocycles. The quantitative estimate of drug-likeness (QED) is 0.816. The average molecular weight is 304 g/mol. The van der Waals surface area contributed by atoms with Gasteiger partial charge in [0.1, 0.15) is 5.82 Å². The van der Waals surface area contributed by atoms with Gasteiger partial charge in [0, 0.05) is 25.6 Å². The molecule has 2 fully saturated rings. The standard InChI is InChI=1S/C17H21FN2O2/c18-15-6-2-1-4-12(15)5-3-9-19-17(22)13-10-16(21)20(11-13)14-7-8-14/h1-2,4,6,13-14H,3,5,7-11H2,(H,19,22)/t13-/m1/s1. The number of hydrogen-bond acceptors (Lipinski definition) is 2. The van der Waals surface area contributed by atoms with Crippen molar-refractivity contribution >= 4 is 11.8 Å². The van der Waals surface area contributed by atoms with E-state index in [1.54, 1.807) is 12.1 Å². The molecule has 118 valence electrons. The molecule has 1 heterocycles. The number of halogens is 1. The van der Waals surface area contributed by atoms with Gasteiger partial charge in [0.25, 0.3) is 0 Å². The first-order valence-corrected chi connectivity index (χ1v) is 7.95. The van der Waals surface area contributed by atoms with Gasteiger partial charge in [-0.05, 0) is 37.3 Å². The summed E-state index contributed by atoms with van der Waals surface area (Å²) in [6.07, 6.45) is 3.77. The largest absolute Gasteiger partial charge is 0.356 e. The van der Waals surface area contributed by atoms with Gasteiger partial charge in [-0.1, -0.05) is 18.2 Å². The third kappa shape index (κ3) is 3.46. The zero-order valence-corrected chi connectivity index (χ0v) is 12.6. The summed E-state index contributed by atoms with van der Waals surface area (Å²) in [5.41, 5.74) is 0.674. The first-order valence-electron chi connectivity index (χ1n) is 7.95. The molecule has 1 saturated heterocycles. The van der Waals surface area contributed by atoms with Gasteiger partial charge in [0.2, 0.25) is 11.8 Å². The fourth-order valence-electron chi connectivity index (χ4n) is 2.98. The maximum Gasteiger partial charge on any atom is 0.225 e. The molecule has 2 aliphatic rings. The van der Waals surface area contributed by atoms with Crippen LogP contribution >= 0.6 is 0 Å². The number of aryl methyl sites for hydroxylation is 1. The van der Waals surface area contributed by atoms with Gasteiger partial charge in [-0.25, -0.2) is 4.39 Å². The zero-order chi connectivity index (χ0) is 15.5. The van der Waals surface area contributed by atoms with Gasteiger partial charge < -0.3 is 10.2 Å². The Kier molecular flexibility index (Phi) is 4.41. The lowest BCUT2D eigenvalue weighted by Gasteiger charge is -2.15. The fourth-order valence-corrected chi connectivity index (χ4v) is 2.98. The van der Waals surface area contributed by atoms with Gasteiger partial charge in [-0.2, -0.15) is 0 Å². The molecule has 5 heteroatoms. The first kappa shape index (κ1) is 15.0. The van der Waals surface area contributed by atoms with Crippen LogP contribution in [0.5, 0.6) is 0 Å². The van der Waals surface area contributed by atoms with E-state index in [9.17, 15) is 14.0 Å². The van der Waals surface area contributed by atoms with Crippen molar-refractivity contribution in [2.75, 3.05) is 13.1 Å². The van der Waals surface area contributed by atoms with E-state index in [0.717, 1.165) is 12.8 Å². The molecule has 22 heavy (non-hydrogen) atoms. The predicted molar refractivity (Wildman–Crippen MR) is 80.6 cm³/mol. The van der Waals surface area contributed by atoms with Crippen molar-refractivity contribution in [1.29, 1.82) is 0 Å². The Hall–Kier alpha value is -1.91. The Morgan fingerprint density at radius 1 is 1.32 bits per heavy atom. The molecule has 2 amide bonds. The molecule has 0 aromatic heterocycles. The van der Waals surface area contributed by atoms with Crippen LogP contribution in [0.1, 0.15) is 31.2 Å². The minimum Gasteiger partial charge on any atom is -0.356 e. The second-order valence-electron chi connectivity index (χ2n) is 6.16. The summed E-state index contributed by atoms with van der Waals surface area (Å²) in [4.78, 5) is 25.8. The SMILES string of the molecule is O=C(NCCCc1ccccc1F)[C@@H]1CC(=O)N(C2CC2)C1. The van der Waals surface area contributed by atoms with Crippen molar-refractivity contribution in [2.24, 2.45) is 5.92 Å². The minimum atomic E-state index is -0.221. The normalized spacial score (nSPS) is 21.2. The predicted octanol–water partition coefficient (Wildman–Crippen LogP) is 1.89. The molecule has 1 N–H and O–H groups in total. The van der Waals surface area contributed by atoms with Crippen LogP contribution in [-0.2, 0) is 16.0 Å². The van der Waals surface area contributed by atoms with Crippen LogP contribution in [0.25, 0.3) is 0 Å². The summed E-state index contributed by atoms with van der Waals surface area (Å²) in [5, 5.41) is 2.87. The Bertz CT molecular complexity index is 572. The van der Waals surface area contributed by atoms with Crippen LogP contribution in [0.2, 0.25) is 0 Å². The molecular formula is C17H21FN2O2. The maximum atomic E-state index is 13.5. The van der Waals surface area contributed by atoms with Crippen LogP contribution in [0.4, 0.5) is 4.39 Å². The van der Waals surface area contributed by atoms with Crippen LogP contribution in [0.15, 0.2) is 24.3 Å². The Morgan fingerprint density at radius 2 is 2.09 bits per heavy atom. The smallest absolute Gasteiger partial charge is 0.225 e. The van der Waals surface area contributed by atoms with E-state index in [1.807, 2.05) is 11.0 Å². The lowest BCUT2D eigenvalue weighted by atomic mass is 10.1. The molecule has 1 aliphatic carbocycles. The van der Waals surface area contributed by atoms with Gasteiger partial charge in [0.15, 0.2) is 0 Å². The minimum absolute atomic E-state index is 0.0509. The summed E-state index contributed by atoms with van der Waals surface area (Å²) in [5.74, 6) is -0.365. The van der Waals surface area contributed by atoms with Crippen LogP contribution in [-0.4, -0.2) is 35.8 Å². The second-order valence-corrected chi connectivity index (χ2v) is 6.16. The van der Waals surface area contributed by atoms with E-state index < -0.39 is 0 Å². The zero-order valence-electron chi connectivity index (χ0n) is 12.6. The van der Waals surface area contributed by atoms with Crippen molar-refractivity contribution in [3.63, 3.8) is 0 Å². The lowest BCUT2D eigenvalue weighted by Crippen LogP contribution is -2.34. The van der Waals surface area contributed by atoms with E-state index in [0.29, 0.717) is 44.0 Å². The molecule has 4 nitrogen and oxygen atoms in total. The summed E-state index contributed by atoms with van der Waals surface area (Å²) in [6, 6.07) is 7.08. The number of nitrogens with zero attached hydrogens (tertiary/aromatic N) is 1. The van der Waals surface area contributed by atoms with Crippen molar-refractivity contribution in [3.05, 3.63) is 35.6 Å². The monoisotopic (exact) mass is 304 g/mol. The van der Waals surface area contributed by atoms with Crippen LogP contribution < -0.4 is 5.32 Å². The van der Waals surface area contributed by atoms with Crippen molar-refractivity contribution < 1.29 is 14.0 Å². The number of hydrogen-bond donors (Lipinski definition) is 1. The molecule has 0 spiro atoms. The van der Waals surface area contributed by atoms with Crippen molar-refractivity contribution in [3.8, 4) is 0 Å². The highest BCUT2D eigenvalue weighted by Crippen LogP contribution is 2.32. The molecule has 1 aromatic rings. The van der Waals surface area contributed by atoms with Crippen molar-refractivity contribution in [2.45, 2.75) is 38.1 Å². The molecule has 0 unspecified atom stereocenters. The molecule has 0 bridgehead atoms. The number of carbonyl (C=O) groups is 2. The first-order chi connectivity index (χ1) is 10.6. The number of benzene rings is 1. The van der Waals surface area contributed by atoms with E-state index >= 15 is 0 Å². The topological polar surface area (TPSA) is 49.4 Å². The highest BCUT2D eigenvalue weighted by Gasteiger charge is 2.41. The Labute approximate surface area is 129 Å². The number of amides is 2. The highest BCUT2D eigenvalue weighted by molar-refractivity contribution is 5.89. The average Bonchev–Trinajstić information content (AvgIpc) is 3.27. The van der Waals surface area contributed by atoms with Crippen LogP contribution in [0.3, 0.4) is 0 Å². The molecular weight excluding hydrogens is 283 g/mol.